The maximum absolute atomic E-state index is 11.9. The third kappa shape index (κ3) is 5.34. The first-order valence-corrected chi connectivity index (χ1v) is 7.97. The van der Waals surface area contributed by atoms with Gasteiger partial charge < -0.3 is 15.5 Å². The number of hydrogen-bond acceptors (Lipinski definition) is 3. The van der Waals surface area contributed by atoms with Crippen molar-refractivity contribution in [3.63, 3.8) is 0 Å². The van der Waals surface area contributed by atoms with Gasteiger partial charge >= 0.3 is 0 Å². The Labute approximate surface area is 146 Å². The van der Waals surface area contributed by atoms with Gasteiger partial charge in [-0.3, -0.25) is 4.79 Å². The van der Waals surface area contributed by atoms with Gasteiger partial charge in [0.2, 0.25) is 5.91 Å². The van der Waals surface area contributed by atoms with Crippen molar-refractivity contribution in [1.29, 1.82) is 0 Å². The summed E-state index contributed by atoms with van der Waals surface area (Å²) in [5.74, 6) is -0.0461. The van der Waals surface area contributed by atoms with E-state index in [4.69, 9.17) is 23.2 Å². The van der Waals surface area contributed by atoms with Gasteiger partial charge in [0, 0.05) is 44.1 Å². The molecule has 0 spiro atoms. The lowest BCUT2D eigenvalue weighted by molar-refractivity contribution is -0.115. The summed E-state index contributed by atoms with van der Waals surface area (Å²) in [5.41, 5.74) is 2.71. The number of hydrogen-bond donors (Lipinski definition) is 2. The normalized spacial score (nSPS) is 10.3. The van der Waals surface area contributed by atoms with Gasteiger partial charge in [-0.05, 0) is 42.5 Å². The number of rotatable bonds is 6. The fourth-order valence-corrected chi connectivity index (χ4v) is 2.29. The van der Waals surface area contributed by atoms with Gasteiger partial charge in [0.25, 0.3) is 0 Å². The third-order valence-corrected chi connectivity index (χ3v) is 4.01. The zero-order valence-electron chi connectivity index (χ0n) is 13.1. The second-order valence-corrected chi connectivity index (χ2v) is 6.11. The number of nitrogens with zero attached hydrogens (tertiary/aromatic N) is 1. The highest BCUT2D eigenvalue weighted by Gasteiger charge is 2.04. The van der Waals surface area contributed by atoms with Gasteiger partial charge in [-0.15, -0.1) is 0 Å². The Bertz CT molecular complexity index is 672. The van der Waals surface area contributed by atoms with E-state index in [0.29, 0.717) is 23.0 Å². The number of benzene rings is 2. The van der Waals surface area contributed by atoms with E-state index in [2.05, 4.69) is 10.6 Å². The minimum atomic E-state index is -0.0461. The molecule has 0 saturated heterocycles. The monoisotopic (exact) mass is 351 g/mol. The Morgan fingerprint density at radius 2 is 1.65 bits per heavy atom. The fraction of sp³-hybridized carbons (Fsp3) is 0.235. The van der Waals surface area contributed by atoms with Crippen molar-refractivity contribution >= 4 is 46.2 Å². The smallest absolute Gasteiger partial charge is 0.226 e. The Kier molecular flexibility index (Phi) is 6.13. The molecule has 0 saturated carbocycles. The highest BCUT2D eigenvalue weighted by Crippen LogP contribution is 2.24. The Hall–Kier alpha value is -1.91. The number of nitrogens with one attached hydrogen (secondary N) is 2. The molecule has 2 N–H and O–H groups in total. The molecule has 0 radical (unpaired) electrons. The molecular formula is C17H19Cl2N3O. The molecule has 2 aromatic rings. The molecule has 4 nitrogen and oxygen atoms in total. The van der Waals surface area contributed by atoms with Crippen molar-refractivity contribution in [1.82, 2.24) is 0 Å². The van der Waals surface area contributed by atoms with E-state index >= 15 is 0 Å². The molecular weight excluding hydrogens is 333 g/mol. The quantitative estimate of drug-likeness (QED) is 0.805. The lowest BCUT2D eigenvalue weighted by Crippen LogP contribution is -2.16. The van der Waals surface area contributed by atoms with Crippen LogP contribution < -0.4 is 15.5 Å². The number of anilines is 3. The fourth-order valence-electron chi connectivity index (χ4n) is 1.99. The molecule has 23 heavy (non-hydrogen) atoms. The maximum Gasteiger partial charge on any atom is 0.226 e. The van der Waals surface area contributed by atoms with Gasteiger partial charge in [0.05, 0.1) is 10.0 Å². The lowest BCUT2D eigenvalue weighted by Gasteiger charge is -2.13. The van der Waals surface area contributed by atoms with Crippen LogP contribution in [0.25, 0.3) is 0 Å². The SMILES string of the molecule is CN(C)c1ccc(NC(=O)CCNc2ccc(Cl)c(Cl)c2)cc1. The van der Waals surface area contributed by atoms with Crippen LogP contribution >= 0.6 is 23.2 Å². The van der Waals surface area contributed by atoms with Gasteiger partial charge in [-0.1, -0.05) is 23.2 Å². The third-order valence-electron chi connectivity index (χ3n) is 3.27. The van der Waals surface area contributed by atoms with Crippen LogP contribution in [-0.2, 0) is 4.79 Å². The molecule has 0 atom stereocenters. The van der Waals surface area contributed by atoms with Crippen molar-refractivity contribution in [2.45, 2.75) is 6.42 Å². The molecule has 0 aliphatic carbocycles. The van der Waals surface area contributed by atoms with Crippen LogP contribution in [0.4, 0.5) is 17.1 Å². The Balaban J connectivity index is 1.79. The molecule has 2 aromatic carbocycles. The molecule has 0 heterocycles. The van der Waals surface area contributed by atoms with Crippen molar-refractivity contribution in [3.8, 4) is 0 Å². The van der Waals surface area contributed by atoms with Crippen LogP contribution in [0.3, 0.4) is 0 Å². The first kappa shape index (κ1) is 17.4. The molecule has 6 heteroatoms. The second kappa shape index (κ2) is 8.09. The van der Waals surface area contributed by atoms with Gasteiger partial charge in [0.1, 0.15) is 0 Å². The standard InChI is InChI=1S/C17H19Cl2N3O/c1-22(2)14-6-3-12(4-7-14)21-17(23)9-10-20-13-5-8-15(18)16(19)11-13/h3-8,11,20H,9-10H2,1-2H3,(H,21,23). The predicted molar refractivity (Wildman–Crippen MR) is 99.0 cm³/mol. The molecule has 0 aliphatic rings. The van der Waals surface area contributed by atoms with Crippen LogP contribution in [0.5, 0.6) is 0 Å². The van der Waals surface area contributed by atoms with E-state index in [-0.39, 0.29) is 5.91 Å². The summed E-state index contributed by atoms with van der Waals surface area (Å²) < 4.78 is 0. The molecule has 0 aliphatic heterocycles. The van der Waals surface area contributed by atoms with Crippen molar-refractivity contribution in [2.75, 3.05) is 36.2 Å². The summed E-state index contributed by atoms with van der Waals surface area (Å²) in [6.07, 6.45) is 0.357. The van der Waals surface area contributed by atoms with Crippen molar-refractivity contribution in [2.24, 2.45) is 0 Å². The first-order valence-electron chi connectivity index (χ1n) is 7.22. The summed E-state index contributed by atoms with van der Waals surface area (Å²) in [6, 6.07) is 13.0. The summed E-state index contributed by atoms with van der Waals surface area (Å²) in [6.45, 7) is 0.513. The topological polar surface area (TPSA) is 44.4 Å². The zero-order valence-corrected chi connectivity index (χ0v) is 14.6. The van der Waals surface area contributed by atoms with Crippen molar-refractivity contribution in [3.05, 3.63) is 52.5 Å². The average molecular weight is 352 g/mol. The van der Waals surface area contributed by atoms with Gasteiger partial charge in [0.15, 0.2) is 0 Å². The molecule has 0 unspecified atom stereocenters. The number of halogens is 2. The molecule has 0 fully saturated rings. The summed E-state index contributed by atoms with van der Waals surface area (Å²) >= 11 is 11.8. The summed E-state index contributed by atoms with van der Waals surface area (Å²) in [4.78, 5) is 13.9. The van der Waals surface area contributed by atoms with E-state index in [1.54, 1.807) is 12.1 Å². The van der Waals surface area contributed by atoms with Gasteiger partial charge in [-0.25, -0.2) is 0 Å². The molecule has 1 amide bonds. The maximum atomic E-state index is 11.9. The Morgan fingerprint density at radius 3 is 2.26 bits per heavy atom. The predicted octanol–water partition coefficient (Wildman–Crippen LogP) is 4.50. The largest absolute Gasteiger partial charge is 0.384 e. The van der Waals surface area contributed by atoms with Crippen LogP contribution in [0.2, 0.25) is 10.0 Å². The van der Waals surface area contributed by atoms with Crippen LogP contribution in [0.15, 0.2) is 42.5 Å². The molecule has 0 bridgehead atoms. The highest BCUT2D eigenvalue weighted by atomic mass is 35.5. The van der Waals surface area contributed by atoms with Crippen molar-refractivity contribution < 1.29 is 4.79 Å². The summed E-state index contributed by atoms with van der Waals surface area (Å²) in [7, 11) is 3.95. The van der Waals surface area contributed by atoms with Gasteiger partial charge in [-0.2, -0.15) is 0 Å². The zero-order chi connectivity index (χ0) is 16.8. The first-order chi connectivity index (χ1) is 11.0. The number of amides is 1. The number of carbonyl (C=O) groups is 1. The molecule has 2 rings (SSSR count). The lowest BCUT2D eigenvalue weighted by atomic mass is 10.2. The van der Waals surface area contributed by atoms with Crippen LogP contribution in [0.1, 0.15) is 6.42 Å². The average Bonchev–Trinajstić information content (AvgIpc) is 2.51. The van der Waals surface area contributed by atoms with E-state index < -0.39 is 0 Å². The Morgan fingerprint density at radius 1 is 1.00 bits per heavy atom. The van der Waals surface area contributed by atoms with E-state index in [0.717, 1.165) is 17.1 Å². The van der Waals surface area contributed by atoms with E-state index in [9.17, 15) is 4.79 Å². The second-order valence-electron chi connectivity index (χ2n) is 5.30. The molecule has 122 valence electrons. The van der Waals surface area contributed by atoms with Crippen LogP contribution in [0, 0.1) is 0 Å². The van der Waals surface area contributed by atoms with E-state index in [1.165, 1.54) is 0 Å². The summed E-state index contributed by atoms with van der Waals surface area (Å²) in [5, 5.41) is 7.01. The highest BCUT2D eigenvalue weighted by molar-refractivity contribution is 6.42. The minimum Gasteiger partial charge on any atom is -0.384 e. The van der Waals surface area contributed by atoms with E-state index in [1.807, 2.05) is 49.3 Å². The number of carbonyl (C=O) groups excluding carboxylic acids is 1. The van der Waals surface area contributed by atoms with Crippen LogP contribution in [-0.4, -0.2) is 26.5 Å². The molecule has 0 aromatic heterocycles. The minimum absolute atomic E-state index is 0.0461.